The highest BCUT2D eigenvalue weighted by atomic mass is 35.5. The van der Waals surface area contributed by atoms with Gasteiger partial charge in [-0.1, -0.05) is 17.7 Å². The van der Waals surface area contributed by atoms with Crippen LogP contribution in [0.1, 0.15) is 21.6 Å². The van der Waals surface area contributed by atoms with Crippen molar-refractivity contribution in [3.05, 3.63) is 58.2 Å². The zero-order chi connectivity index (χ0) is 16.6. The fourth-order valence-electron chi connectivity index (χ4n) is 2.63. The molecule has 1 heterocycles. The number of aromatic amines is 1. The van der Waals surface area contributed by atoms with E-state index >= 15 is 0 Å². The SMILES string of the molecule is COc1ccc(C)cc1NC(=O)c1[nH]c2ccc(Cl)cc2c1C. The van der Waals surface area contributed by atoms with Crippen molar-refractivity contribution < 1.29 is 9.53 Å². The molecule has 0 aliphatic carbocycles. The van der Waals surface area contributed by atoms with Crippen molar-refractivity contribution in [1.82, 2.24) is 4.98 Å². The number of hydrogen-bond acceptors (Lipinski definition) is 2. The van der Waals surface area contributed by atoms with Crippen molar-refractivity contribution in [2.75, 3.05) is 12.4 Å². The molecule has 1 amide bonds. The third-order valence-corrected chi connectivity index (χ3v) is 4.09. The van der Waals surface area contributed by atoms with Gasteiger partial charge in [0.1, 0.15) is 11.4 Å². The molecule has 0 aliphatic rings. The second-order valence-electron chi connectivity index (χ2n) is 5.47. The van der Waals surface area contributed by atoms with Gasteiger partial charge in [0.15, 0.2) is 0 Å². The lowest BCUT2D eigenvalue weighted by molar-refractivity contribution is 0.102. The van der Waals surface area contributed by atoms with E-state index in [1.54, 1.807) is 13.2 Å². The van der Waals surface area contributed by atoms with Gasteiger partial charge in [0.2, 0.25) is 0 Å². The highest BCUT2D eigenvalue weighted by Gasteiger charge is 2.16. The third kappa shape index (κ3) is 2.90. The summed E-state index contributed by atoms with van der Waals surface area (Å²) in [6.07, 6.45) is 0. The molecule has 0 fully saturated rings. The largest absolute Gasteiger partial charge is 0.495 e. The molecule has 0 bridgehead atoms. The average molecular weight is 329 g/mol. The van der Waals surface area contributed by atoms with Gasteiger partial charge in [-0.05, 0) is 55.3 Å². The summed E-state index contributed by atoms with van der Waals surface area (Å²) in [6.45, 7) is 3.86. The molecule has 0 atom stereocenters. The van der Waals surface area contributed by atoms with E-state index < -0.39 is 0 Å². The summed E-state index contributed by atoms with van der Waals surface area (Å²) in [5.74, 6) is 0.416. The molecule has 118 valence electrons. The Morgan fingerprint density at radius 1 is 1.17 bits per heavy atom. The zero-order valence-corrected chi connectivity index (χ0v) is 13.9. The molecule has 0 aliphatic heterocycles. The number of ether oxygens (including phenoxy) is 1. The van der Waals surface area contributed by atoms with Crippen LogP contribution in [-0.2, 0) is 0 Å². The van der Waals surface area contributed by atoms with E-state index in [0.717, 1.165) is 22.0 Å². The summed E-state index contributed by atoms with van der Waals surface area (Å²) in [6, 6.07) is 11.2. The Morgan fingerprint density at radius 2 is 1.96 bits per heavy atom. The summed E-state index contributed by atoms with van der Waals surface area (Å²) >= 11 is 6.04. The van der Waals surface area contributed by atoms with Crippen LogP contribution in [0.25, 0.3) is 10.9 Å². The van der Waals surface area contributed by atoms with Crippen molar-refractivity contribution in [3.8, 4) is 5.75 Å². The Bertz CT molecular complexity index is 899. The van der Waals surface area contributed by atoms with Gasteiger partial charge in [-0.2, -0.15) is 0 Å². The molecule has 1 aromatic heterocycles. The van der Waals surface area contributed by atoms with Crippen LogP contribution in [0.4, 0.5) is 5.69 Å². The van der Waals surface area contributed by atoms with E-state index in [1.165, 1.54) is 0 Å². The number of rotatable bonds is 3. The first-order chi connectivity index (χ1) is 11.0. The Labute approximate surface area is 139 Å². The second kappa shape index (κ2) is 5.97. The number of amides is 1. The van der Waals surface area contributed by atoms with Crippen LogP contribution in [0.3, 0.4) is 0 Å². The van der Waals surface area contributed by atoms with Crippen molar-refractivity contribution in [2.45, 2.75) is 13.8 Å². The molecule has 2 aromatic carbocycles. The molecule has 0 saturated heterocycles. The van der Waals surface area contributed by atoms with Crippen LogP contribution in [0, 0.1) is 13.8 Å². The molecule has 4 nitrogen and oxygen atoms in total. The minimum Gasteiger partial charge on any atom is -0.495 e. The molecule has 2 N–H and O–H groups in total. The molecule has 0 saturated carbocycles. The Balaban J connectivity index is 1.98. The first-order valence-corrected chi connectivity index (χ1v) is 7.61. The number of benzene rings is 2. The molecular weight excluding hydrogens is 312 g/mol. The number of aryl methyl sites for hydroxylation is 2. The molecular formula is C18H17ClN2O2. The third-order valence-electron chi connectivity index (χ3n) is 3.85. The number of aromatic nitrogens is 1. The molecule has 5 heteroatoms. The van der Waals surface area contributed by atoms with Gasteiger partial charge < -0.3 is 15.0 Å². The molecule has 0 unspecified atom stereocenters. The van der Waals surface area contributed by atoms with E-state index in [1.807, 2.05) is 44.2 Å². The van der Waals surface area contributed by atoms with E-state index in [9.17, 15) is 4.79 Å². The molecule has 3 rings (SSSR count). The zero-order valence-electron chi connectivity index (χ0n) is 13.2. The monoisotopic (exact) mass is 328 g/mol. The van der Waals surface area contributed by atoms with Gasteiger partial charge >= 0.3 is 0 Å². The predicted molar refractivity (Wildman–Crippen MR) is 93.7 cm³/mol. The highest BCUT2D eigenvalue weighted by Crippen LogP contribution is 2.28. The molecule has 3 aromatic rings. The van der Waals surface area contributed by atoms with Gasteiger partial charge in [0, 0.05) is 15.9 Å². The average Bonchev–Trinajstić information content (AvgIpc) is 2.84. The summed E-state index contributed by atoms with van der Waals surface area (Å²) in [7, 11) is 1.58. The van der Waals surface area contributed by atoms with E-state index in [2.05, 4.69) is 10.3 Å². The van der Waals surface area contributed by atoms with Gasteiger partial charge in [-0.3, -0.25) is 4.79 Å². The molecule has 0 radical (unpaired) electrons. The normalized spacial score (nSPS) is 10.8. The van der Waals surface area contributed by atoms with Crippen molar-refractivity contribution in [2.24, 2.45) is 0 Å². The quantitative estimate of drug-likeness (QED) is 0.732. The van der Waals surface area contributed by atoms with Gasteiger partial charge in [0.25, 0.3) is 5.91 Å². The maximum atomic E-state index is 12.6. The standard InChI is InChI=1S/C18H17ClN2O2/c1-10-4-7-16(23-3)15(8-10)21-18(22)17-11(2)13-9-12(19)5-6-14(13)20-17/h4-9,20H,1-3H3,(H,21,22). The van der Waals surface area contributed by atoms with E-state index in [0.29, 0.717) is 22.2 Å². The fraction of sp³-hybridized carbons (Fsp3) is 0.167. The number of methoxy groups -OCH3 is 1. The molecule has 0 spiro atoms. The first kappa shape index (κ1) is 15.4. The van der Waals surface area contributed by atoms with Crippen molar-refractivity contribution in [3.63, 3.8) is 0 Å². The summed E-state index contributed by atoms with van der Waals surface area (Å²) in [5.41, 5.74) is 3.96. The van der Waals surface area contributed by atoms with Gasteiger partial charge in [-0.15, -0.1) is 0 Å². The van der Waals surface area contributed by atoms with Crippen LogP contribution in [0.15, 0.2) is 36.4 Å². The maximum Gasteiger partial charge on any atom is 0.272 e. The lowest BCUT2D eigenvalue weighted by Crippen LogP contribution is -2.14. The number of fused-ring (bicyclic) bond motifs is 1. The second-order valence-corrected chi connectivity index (χ2v) is 5.91. The van der Waals surface area contributed by atoms with Gasteiger partial charge in [0.05, 0.1) is 12.8 Å². The summed E-state index contributed by atoms with van der Waals surface area (Å²) in [4.78, 5) is 15.8. The topological polar surface area (TPSA) is 54.1 Å². The van der Waals surface area contributed by atoms with Crippen LogP contribution >= 0.6 is 11.6 Å². The molecule has 23 heavy (non-hydrogen) atoms. The van der Waals surface area contributed by atoms with E-state index in [-0.39, 0.29) is 5.91 Å². The van der Waals surface area contributed by atoms with E-state index in [4.69, 9.17) is 16.3 Å². The Hall–Kier alpha value is -2.46. The number of nitrogens with one attached hydrogen (secondary N) is 2. The number of hydrogen-bond donors (Lipinski definition) is 2. The maximum absolute atomic E-state index is 12.6. The minimum absolute atomic E-state index is 0.210. The summed E-state index contributed by atoms with van der Waals surface area (Å²) in [5, 5.41) is 4.50. The number of carbonyl (C=O) groups excluding carboxylic acids is 1. The highest BCUT2D eigenvalue weighted by molar-refractivity contribution is 6.31. The lowest BCUT2D eigenvalue weighted by atomic mass is 10.1. The Kier molecular flexibility index (Phi) is 4.01. The summed E-state index contributed by atoms with van der Waals surface area (Å²) < 4.78 is 5.30. The van der Waals surface area contributed by atoms with Crippen molar-refractivity contribution in [1.29, 1.82) is 0 Å². The van der Waals surface area contributed by atoms with Crippen molar-refractivity contribution >= 4 is 34.1 Å². The predicted octanol–water partition coefficient (Wildman–Crippen LogP) is 4.70. The van der Waals surface area contributed by atoms with Crippen LogP contribution in [0.2, 0.25) is 5.02 Å². The minimum atomic E-state index is -0.210. The van der Waals surface area contributed by atoms with Crippen LogP contribution in [-0.4, -0.2) is 18.0 Å². The van der Waals surface area contributed by atoms with Crippen LogP contribution < -0.4 is 10.1 Å². The smallest absolute Gasteiger partial charge is 0.272 e. The first-order valence-electron chi connectivity index (χ1n) is 7.23. The number of anilines is 1. The number of carbonyl (C=O) groups is 1. The lowest BCUT2D eigenvalue weighted by Gasteiger charge is -2.10. The number of halogens is 1. The number of H-pyrrole nitrogens is 1. The van der Waals surface area contributed by atoms with Gasteiger partial charge in [-0.25, -0.2) is 0 Å². The van der Waals surface area contributed by atoms with Crippen LogP contribution in [0.5, 0.6) is 5.75 Å². The Morgan fingerprint density at radius 3 is 2.70 bits per heavy atom. The fourth-order valence-corrected chi connectivity index (χ4v) is 2.80.